The number of anilines is 3. The van der Waals surface area contributed by atoms with E-state index >= 15 is 0 Å². The number of benzene rings is 1. The van der Waals surface area contributed by atoms with Crippen molar-refractivity contribution in [3.63, 3.8) is 0 Å². The molecule has 5 rings (SSSR count). The Kier molecular flexibility index (Phi) is 5.65. The topological polar surface area (TPSA) is 103 Å². The summed E-state index contributed by atoms with van der Waals surface area (Å²) >= 11 is 0. The van der Waals surface area contributed by atoms with Gasteiger partial charge in [0.25, 0.3) is 6.43 Å². The number of hydrogen-bond acceptors (Lipinski definition) is 9. The number of hydrogen-bond donors (Lipinski definition) is 1. The Morgan fingerprint density at radius 1 is 1.03 bits per heavy atom. The predicted molar refractivity (Wildman–Crippen MR) is 117 cm³/mol. The number of imidazole rings is 1. The van der Waals surface area contributed by atoms with Crippen LogP contribution in [0, 0.1) is 0 Å². The molecule has 0 spiro atoms. The lowest BCUT2D eigenvalue weighted by molar-refractivity contribution is 0.122. The van der Waals surface area contributed by atoms with Crippen molar-refractivity contribution in [3.05, 3.63) is 48.4 Å². The molecule has 1 aromatic carbocycles. The first kappa shape index (κ1) is 20.9. The molecular weight excluding hydrogens is 434 g/mol. The van der Waals surface area contributed by atoms with Crippen molar-refractivity contribution >= 4 is 28.6 Å². The van der Waals surface area contributed by atoms with Gasteiger partial charge in [0.2, 0.25) is 23.7 Å². The largest absolute Gasteiger partial charge is 0.481 e. The second kappa shape index (κ2) is 8.90. The molecule has 0 atom stereocenters. The summed E-state index contributed by atoms with van der Waals surface area (Å²) < 4.78 is 39.7. The first-order valence-electron chi connectivity index (χ1n) is 10.2. The molecule has 1 saturated heterocycles. The van der Waals surface area contributed by atoms with Gasteiger partial charge in [-0.25, -0.2) is 18.7 Å². The zero-order chi connectivity index (χ0) is 22.8. The van der Waals surface area contributed by atoms with Crippen molar-refractivity contribution in [2.24, 2.45) is 0 Å². The van der Waals surface area contributed by atoms with Crippen LogP contribution in [0.3, 0.4) is 0 Å². The van der Waals surface area contributed by atoms with E-state index in [2.05, 4.69) is 30.2 Å². The highest BCUT2D eigenvalue weighted by Crippen LogP contribution is 2.28. The quantitative estimate of drug-likeness (QED) is 0.471. The van der Waals surface area contributed by atoms with Gasteiger partial charge in [-0.3, -0.25) is 4.57 Å². The van der Waals surface area contributed by atoms with Gasteiger partial charge in [0.1, 0.15) is 0 Å². The Balaban J connectivity index is 1.65. The minimum Gasteiger partial charge on any atom is -0.481 e. The lowest BCUT2D eigenvalue weighted by Gasteiger charge is -2.27. The van der Waals surface area contributed by atoms with Crippen molar-refractivity contribution in [1.29, 1.82) is 0 Å². The number of nitrogens with one attached hydrogen (secondary N) is 1. The molecular formula is C21H20F2N8O2. The molecule has 10 nitrogen and oxygen atoms in total. The lowest BCUT2D eigenvalue weighted by atomic mass is 10.3. The third kappa shape index (κ3) is 4.24. The summed E-state index contributed by atoms with van der Waals surface area (Å²) in [6.45, 7) is 2.17. The van der Waals surface area contributed by atoms with E-state index in [0.717, 1.165) is 0 Å². The molecule has 170 valence electrons. The fourth-order valence-corrected chi connectivity index (χ4v) is 3.54. The number of alkyl halides is 2. The number of para-hydroxylation sites is 2. The van der Waals surface area contributed by atoms with Crippen LogP contribution < -0.4 is 15.0 Å². The predicted octanol–water partition coefficient (Wildman–Crippen LogP) is 3.13. The Bertz CT molecular complexity index is 1280. The Hall–Kier alpha value is -3.93. The fourth-order valence-electron chi connectivity index (χ4n) is 3.54. The number of fused-ring (bicyclic) bond motifs is 1. The van der Waals surface area contributed by atoms with Gasteiger partial charge in [-0.2, -0.15) is 15.0 Å². The molecule has 1 aliphatic heterocycles. The number of methoxy groups -OCH3 is 1. The first-order valence-corrected chi connectivity index (χ1v) is 10.2. The molecule has 1 fully saturated rings. The average Bonchev–Trinajstić information content (AvgIpc) is 3.25. The molecule has 33 heavy (non-hydrogen) atoms. The van der Waals surface area contributed by atoms with Crippen molar-refractivity contribution in [2.75, 3.05) is 43.6 Å². The molecule has 4 heterocycles. The van der Waals surface area contributed by atoms with Crippen LogP contribution in [-0.4, -0.2) is 62.9 Å². The summed E-state index contributed by atoms with van der Waals surface area (Å²) in [6.07, 6.45) is -1.24. The number of ether oxygens (including phenoxy) is 2. The maximum absolute atomic E-state index is 13.9. The minimum atomic E-state index is -2.82. The molecule has 3 aromatic heterocycles. The third-order valence-corrected chi connectivity index (χ3v) is 5.09. The van der Waals surface area contributed by atoms with Crippen LogP contribution in [-0.2, 0) is 4.74 Å². The van der Waals surface area contributed by atoms with Gasteiger partial charge in [-0.05, 0) is 18.2 Å². The molecule has 0 unspecified atom stereocenters. The lowest BCUT2D eigenvalue weighted by Crippen LogP contribution is -2.37. The molecule has 0 radical (unpaired) electrons. The summed E-state index contributed by atoms with van der Waals surface area (Å²) in [4.78, 5) is 23.6. The Morgan fingerprint density at radius 3 is 2.61 bits per heavy atom. The summed E-state index contributed by atoms with van der Waals surface area (Å²) in [5.74, 6) is 0.548. The van der Waals surface area contributed by atoms with E-state index in [9.17, 15) is 8.78 Å². The summed E-state index contributed by atoms with van der Waals surface area (Å²) in [6, 6.07) is 10.3. The molecule has 0 amide bonds. The zero-order valence-corrected chi connectivity index (χ0v) is 17.7. The van der Waals surface area contributed by atoms with E-state index in [0.29, 0.717) is 54.9 Å². The van der Waals surface area contributed by atoms with Crippen molar-refractivity contribution in [3.8, 4) is 11.8 Å². The molecule has 0 aliphatic carbocycles. The van der Waals surface area contributed by atoms with Gasteiger partial charge in [0.15, 0.2) is 5.82 Å². The number of rotatable bonds is 6. The van der Waals surface area contributed by atoms with E-state index in [1.54, 1.807) is 42.6 Å². The average molecular weight is 454 g/mol. The maximum Gasteiger partial charge on any atom is 0.296 e. The van der Waals surface area contributed by atoms with Crippen LogP contribution in [0.15, 0.2) is 42.6 Å². The monoisotopic (exact) mass is 454 g/mol. The Labute approximate surface area is 187 Å². The minimum absolute atomic E-state index is 0.0408. The van der Waals surface area contributed by atoms with Gasteiger partial charge >= 0.3 is 0 Å². The van der Waals surface area contributed by atoms with Crippen LogP contribution in [0.5, 0.6) is 5.88 Å². The molecule has 1 aliphatic rings. The van der Waals surface area contributed by atoms with Crippen molar-refractivity contribution in [2.45, 2.75) is 6.43 Å². The third-order valence-electron chi connectivity index (χ3n) is 5.09. The maximum atomic E-state index is 13.9. The van der Waals surface area contributed by atoms with Gasteiger partial charge < -0.3 is 19.7 Å². The normalized spacial score (nSPS) is 14.1. The summed E-state index contributed by atoms with van der Waals surface area (Å²) in [5.41, 5.74) is 1.52. The fraction of sp³-hybridized carbons (Fsp3) is 0.286. The van der Waals surface area contributed by atoms with E-state index in [4.69, 9.17) is 9.47 Å². The van der Waals surface area contributed by atoms with E-state index < -0.39 is 12.2 Å². The molecule has 12 heteroatoms. The number of nitrogens with zero attached hydrogens (tertiary/aromatic N) is 7. The van der Waals surface area contributed by atoms with E-state index in [1.807, 2.05) is 4.90 Å². The van der Waals surface area contributed by atoms with Crippen LogP contribution in [0.1, 0.15) is 12.2 Å². The number of pyridine rings is 1. The first-order chi connectivity index (χ1) is 16.1. The molecule has 4 aromatic rings. The highest BCUT2D eigenvalue weighted by molar-refractivity contribution is 5.77. The van der Waals surface area contributed by atoms with Crippen LogP contribution >= 0.6 is 0 Å². The van der Waals surface area contributed by atoms with Gasteiger partial charge in [0, 0.05) is 31.0 Å². The second-order valence-electron chi connectivity index (χ2n) is 7.17. The number of aromatic nitrogens is 6. The van der Waals surface area contributed by atoms with Crippen molar-refractivity contribution in [1.82, 2.24) is 29.5 Å². The highest BCUT2D eigenvalue weighted by Gasteiger charge is 2.24. The summed E-state index contributed by atoms with van der Waals surface area (Å²) in [7, 11) is 1.51. The van der Waals surface area contributed by atoms with Crippen LogP contribution in [0.4, 0.5) is 26.4 Å². The SMILES string of the molecule is COc1cc(Nc2nc(N3CCOCC3)nc(-n3c(C(F)F)nc4ccccc43)n2)ccn1. The van der Waals surface area contributed by atoms with Crippen LogP contribution in [0.25, 0.3) is 17.0 Å². The van der Waals surface area contributed by atoms with Gasteiger partial charge in [0.05, 0.1) is 31.4 Å². The van der Waals surface area contributed by atoms with Gasteiger partial charge in [-0.15, -0.1) is 0 Å². The smallest absolute Gasteiger partial charge is 0.296 e. The summed E-state index contributed by atoms with van der Waals surface area (Å²) in [5, 5.41) is 3.10. The van der Waals surface area contributed by atoms with Crippen molar-refractivity contribution < 1.29 is 18.3 Å². The number of morpholine rings is 1. The second-order valence-corrected chi connectivity index (χ2v) is 7.17. The Morgan fingerprint density at radius 2 is 1.82 bits per heavy atom. The molecule has 1 N–H and O–H groups in total. The standard InChI is InChI=1S/C21H20F2N8O2/c1-32-16-12-13(6-7-24-16)25-19-27-20(30-8-10-33-11-9-30)29-21(28-19)31-15-5-3-2-4-14(15)26-18(31)17(22)23/h2-7,12,17H,8-11H2,1H3,(H,24,25,27,28,29). The van der Waals surface area contributed by atoms with Gasteiger partial charge in [-0.1, -0.05) is 12.1 Å². The zero-order valence-electron chi connectivity index (χ0n) is 17.7. The van der Waals surface area contributed by atoms with E-state index in [1.165, 1.54) is 11.7 Å². The van der Waals surface area contributed by atoms with E-state index in [-0.39, 0.29) is 11.9 Å². The van der Waals surface area contributed by atoms with Crippen LogP contribution in [0.2, 0.25) is 0 Å². The molecule has 0 bridgehead atoms. The highest BCUT2D eigenvalue weighted by atomic mass is 19.3. The molecule has 0 saturated carbocycles. The number of halogens is 2.